The van der Waals surface area contributed by atoms with E-state index in [9.17, 15) is 4.79 Å². The Kier molecular flexibility index (Phi) is 5.01. The Morgan fingerprint density at radius 3 is 2.85 bits per heavy atom. The summed E-state index contributed by atoms with van der Waals surface area (Å²) in [5, 5.41) is 4.30. The summed E-state index contributed by atoms with van der Waals surface area (Å²) in [7, 11) is 1.48. The number of ether oxygens (including phenoxy) is 1. The topological polar surface area (TPSA) is 51.1 Å². The number of oxime groups is 1. The zero-order valence-electron chi connectivity index (χ0n) is 11.1. The number of rotatable bonds is 3. The number of hydrogen-bond acceptors (Lipinski definition) is 4. The van der Waals surface area contributed by atoms with Gasteiger partial charge in [0, 0.05) is 11.6 Å². The van der Waals surface area contributed by atoms with E-state index in [1.165, 1.54) is 7.11 Å². The van der Waals surface area contributed by atoms with Crippen LogP contribution in [0.5, 0.6) is 5.75 Å². The second-order valence-electron chi connectivity index (χ2n) is 4.23. The van der Waals surface area contributed by atoms with E-state index in [1.807, 2.05) is 6.08 Å². The fourth-order valence-electron chi connectivity index (χ4n) is 1.81. The molecule has 0 N–H and O–H groups in total. The lowest BCUT2D eigenvalue weighted by Crippen LogP contribution is -2.38. The highest BCUT2D eigenvalue weighted by molar-refractivity contribution is 6.30. The summed E-state index contributed by atoms with van der Waals surface area (Å²) in [6.45, 7) is 1.08. The number of hydrogen-bond donors (Lipinski definition) is 0. The van der Waals surface area contributed by atoms with Gasteiger partial charge in [0.1, 0.15) is 12.9 Å². The first-order valence-electron chi connectivity index (χ1n) is 6.17. The maximum absolute atomic E-state index is 12.0. The van der Waals surface area contributed by atoms with Gasteiger partial charge in [0.15, 0.2) is 0 Å². The molecule has 20 heavy (non-hydrogen) atoms. The predicted octanol–water partition coefficient (Wildman–Crippen LogP) is 3.10. The van der Waals surface area contributed by atoms with Crippen molar-refractivity contribution in [2.45, 2.75) is 6.42 Å². The fraction of sp³-hybridized carbons (Fsp3) is 0.286. The van der Waals surface area contributed by atoms with Crippen molar-refractivity contribution >= 4 is 23.9 Å². The normalized spacial score (nSPS) is 15.1. The van der Waals surface area contributed by atoms with E-state index in [0.717, 1.165) is 12.0 Å². The van der Waals surface area contributed by atoms with Crippen molar-refractivity contribution in [3.8, 4) is 5.75 Å². The van der Waals surface area contributed by atoms with Crippen LogP contribution in [0.25, 0.3) is 0 Å². The molecule has 1 heterocycles. The predicted molar refractivity (Wildman–Crippen MR) is 77.3 cm³/mol. The third-order valence-corrected chi connectivity index (χ3v) is 3.03. The van der Waals surface area contributed by atoms with E-state index >= 15 is 0 Å². The van der Waals surface area contributed by atoms with E-state index in [0.29, 0.717) is 23.9 Å². The first-order valence-corrected chi connectivity index (χ1v) is 6.54. The molecule has 1 aliphatic rings. The van der Waals surface area contributed by atoms with Gasteiger partial charge in [-0.15, -0.1) is 0 Å². The second-order valence-corrected chi connectivity index (χ2v) is 4.66. The van der Waals surface area contributed by atoms with Gasteiger partial charge in [-0.1, -0.05) is 22.8 Å². The minimum absolute atomic E-state index is 0.385. The third-order valence-electron chi connectivity index (χ3n) is 2.78. The van der Waals surface area contributed by atoms with E-state index in [1.54, 1.807) is 35.4 Å². The SMILES string of the molecule is CO/N=C\C1=CCCN(C(=O)Oc2ccc(Cl)cc2)C1. The summed E-state index contributed by atoms with van der Waals surface area (Å²) < 4.78 is 5.29. The molecule has 5 nitrogen and oxygen atoms in total. The van der Waals surface area contributed by atoms with Crippen LogP contribution in [0.1, 0.15) is 6.42 Å². The Morgan fingerprint density at radius 1 is 1.40 bits per heavy atom. The molecule has 0 saturated carbocycles. The first-order chi connectivity index (χ1) is 9.69. The van der Waals surface area contributed by atoms with E-state index in [-0.39, 0.29) is 6.09 Å². The largest absolute Gasteiger partial charge is 0.415 e. The van der Waals surface area contributed by atoms with Gasteiger partial charge in [-0.25, -0.2) is 4.79 Å². The number of carbonyl (C=O) groups excluding carboxylic acids is 1. The van der Waals surface area contributed by atoms with Crippen LogP contribution in [0.2, 0.25) is 5.02 Å². The second kappa shape index (κ2) is 6.96. The Bertz CT molecular complexity index is 526. The van der Waals surface area contributed by atoms with Gasteiger partial charge >= 0.3 is 6.09 Å². The van der Waals surface area contributed by atoms with Crippen LogP contribution < -0.4 is 4.74 Å². The van der Waals surface area contributed by atoms with Crippen LogP contribution in [0.3, 0.4) is 0 Å². The molecular formula is C14H15ClN2O3. The van der Waals surface area contributed by atoms with Gasteiger partial charge < -0.3 is 14.5 Å². The molecule has 0 saturated heterocycles. The van der Waals surface area contributed by atoms with E-state index in [2.05, 4.69) is 9.99 Å². The highest BCUT2D eigenvalue weighted by Crippen LogP contribution is 2.17. The molecule has 0 radical (unpaired) electrons. The number of carbonyl (C=O) groups is 1. The molecule has 1 aromatic rings. The first kappa shape index (κ1) is 14.4. The highest BCUT2D eigenvalue weighted by Gasteiger charge is 2.19. The van der Waals surface area contributed by atoms with Gasteiger partial charge in [-0.3, -0.25) is 0 Å². The van der Waals surface area contributed by atoms with Gasteiger partial charge in [-0.2, -0.15) is 0 Å². The molecule has 1 aliphatic heterocycles. The molecule has 0 spiro atoms. The smallest absolute Gasteiger partial charge is 0.410 e. The van der Waals surface area contributed by atoms with Crippen molar-refractivity contribution in [1.82, 2.24) is 4.90 Å². The average Bonchev–Trinajstić information content (AvgIpc) is 2.48. The lowest BCUT2D eigenvalue weighted by atomic mass is 10.1. The van der Waals surface area contributed by atoms with Crippen molar-refractivity contribution in [2.24, 2.45) is 5.16 Å². The van der Waals surface area contributed by atoms with Crippen molar-refractivity contribution in [1.29, 1.82) is 0 Å². The molecule has 2 rings (SSSR count). The Labute approximate surface area is 122 Å². The van der Waals surface area contributed by atoms with Crippen molar-refractivity contribution in [3.63, 3.8) is 0 Å². The Morgan fingerprint density at radius 2 is 2.15 bits per heavy atom. The molecule has 1 amide bonds. The summed E-state index contributed by atoms with van der Waals surface area (Å²) >= 11 is 5.78. The highest BCUT2D eigenvalue weighted by atomic mass is 35.5. The molecule has 0 bridgehead atoms. The summed E-state index contributed by atoms with van der Waals surface area (Å²) in [4.78, 5) is 18.3. The molecule has 0 unspecified atom stereocenters. The maximum atomic E-state index is 12.0. The number of amides is 1. The van der Waals surface area contributed by atoms with Crippen molar-refractivity contribution in [2.75, 3.05) is 20.2 Å². The molecule has 1 aromatic carbocycles. The van der Waals surface area contributed by atoms with Crippen LogP contribution >= 0.6 is 11.6 Å². The van der Waals surface area contributed by atoms with Crippen molar-refractivity contribution in [3.05, 3.63) is 40.9 Å². The Hall–Kier alpha value is -2.01. The minimum Gasteiger partial charge on any atom is -0.410 e. The standard InChI is InChI=1S/C14H15ClN2O3/c1-19-16-9-11-3-2-8-17(10-11)14(18)20-13-6-4-12(15)5-7-13/h3-7,9H,2,8,10H2,1H3/b16-9-. The third kappa shape index (κ3) is 3.99. The summed E-state index contributed by atoms with van der Waals surface area (Å²) in [5.41, 5.74) is 0.922. The van der Waals surface area contributed by atoms with E-state index in [4.69, 9.17) is 16.3 Å². The molecule has 6 heteroatoms. The lowest BCUT2D eigenvalue weighted by molar-refractivity contribution is 0.156. The molecule has 106 valence electrons. The summed E-state index contributed by atoms with van der Waals surface area (Å²) in [6.07, 6.45) is 4.00. The fourth-order valence-corrected chi connectivity index (χ4v) is 1.93. The van der Waals surface area contributed by atoms with Crippen LogP contribution in [-0.2, 0) is 4.84 Å². The maximum Gasteiger partial charge on any atom is 0.415 e. The van der Waals surface area contributed by atoms with Crippen LogP contribution in [0.15, 0.2) is 41.1 Å². The van der Waals surface area contributed by atoms with Gasteiger partial charge in [0.2, 0.25) is 0 Å². The van der Waals surface area contributed by atoms with Crippen LogP contribution in [0.4, 0.5) is 4.79 Å². The molecule has 0 atom stereocenters. The average molecular weight is 295 g/mol. The molecule has 0 fully saturated rings. The summed E-state index contributed by atoms with van der Waals surface area (Å²) in [6, 6.07) is 6.68. The lowest BCUT2D eigenvalue weighted by Gasteiger charge is -2.25. The summed E-state index contributed by atoms with van der Waals surface area (Å²) in [5.74, 6) is 0.473. The van der Waals surface area contributed by atoms with E-state index < -0.39 is 0 Å². The number of benzene rings is 1. The molecule has 0 aliphatic carbocycles. The minimum atomic E-state index is -0.385. The van der Waals surface area contributed by atoms with Crippen molar-refractivity contribution < 1.29 is 14.4 Å². The monoisotopic (exact) mass is 294 g/mol. The molecular weight excluding hydrogens is 280 g/mol. The van der Waals surface area contributed by atoms with Gasteiger partial charge in [0.25, 0.3) is 0 Å². The number of halogens is 1. The zero-order valence-corrected chi connectivity index (χ0v) is 11.8. The molecule has 0 aromatic heterocycles. The zero-order chi connectivity index (χ0) is 14.4. The van der Waals surface area contributed by atoms with Crippen LogP contribution in [-0.4, -0.2) is 37.4 Å². The van der Waals surface area contributed by atoms with Crippen LogP contribution in [0, 0.1) is 0 Å². The number of nitrogens with zero attached hydrogens (tertiary/aromatic N) is 2. The quantitative estimate of drug-likeness (QED) is 0.636. The van der Waals surface area contributed by atoms with Gasteiger partial charge in [-0.05, 0) is 36.3 Å². The van der Waals surface area contributed by atoms with Gasteiger partial charge in [0.05, 0.1) is 12.8 Å². The Balaban J connectivity index is 1.94.